The summed E-state index contributed by atoms with van der Waals surface area (Å²) in [6, 6.07) is 9.86. The lowest BCUT2D eigenvalue weighted by molar-refractivity contribution is 1.16. The first kappa shape index (κ1) is 8.93. The highest BCUT2D eigenvalue weighted by atomic mass is 32.2. The van der Waals surface area contributed by atoms with Crippen molar-refractivity contribution in [1.82, 2.24) is 5.32 Å². The zero-order chi connectivity index (χ0) is 8.81. The number of rotatable bonds is 3. The minimum Gasteiger partial charge on any atom is -0.370 e. The summed E-state index contributed by atoms with van der Waals surface area (Å²) in [5.74, 6) is 1.64. The molecule has 0 spiro atoms. The van der Waals surface area contributed by atoms with Crippen LogP contribution in [0.25, 0.3) is 0 Å². The number of nitrogens with one attached hydrogen (secondary N) is 2. The van der Waals surface area contributed by atoms with Gasteiger partial charge in [-0.1, -0.05) is 30.0 Å². The lowest BCUT2D eigenvalue weighted by atomic mass is 10.4. The third-order valence-corrected chi connectivity index (χ3v) is 1.93. The van der Waals surface area contributed by atoms with Gasteiger partial charge in [0.25, 0.3) is 0 Å². The van der Waals surface area contributed by atoms with Crippen LogP contribution in [-0.4, -0.2) is 5.96 Å². The summed E-state index contributed by atoms with van der Waals surface area (Å²) in [7, 11) is 0. The zero-order valence-electron chi connectivity index (χ0n) is 6.45. The molecule has 0 aliphatic rings. The van der Waals surface area contributed by atoms with Crippen molar-refractivity contribution in [3.63, 3.8) is 0 Å². The SMILES string of the molecule is N=C(N)N[CH]Sc1ccccc1. The van der Waals surface area contributed by atoms with Gasteiger partial charge in [-0.2, -0.15) is 0 Å². The molecular formula is C8H10N3S. The monoisotopic (exact) mass is 180 g/mol. The largest absolute Gasteiger partial charge is 0.370 e. The first-order valence-corrected chi connectivity index (χ1v) is 4.31. The van der Waals surface area contributed by atoms with E-state index in [0.29, 0.717) is 0 Å². The van der Waals surface area contributed by atoms with Crippen molar-refractivity contribution in [2.24, 2.45) is 5.73 Å². The highest BCUT2D eigenvalue weighted by Crippen LogP contribution is 2.17. The quantitative estimate of drug-likeness (QED) is 0.374. The van der Waals surface area contributed by atoms with Crippen LogP contribution >= 0.6 is 11.8 Å². The van der Waals surface area contributed by atoms with Gasteiger partial charge in [0.1, 0.15) is 5.88 Å². The molecule has 0 aliphatic carbocycles. The highest BCUT2D eigenvalue weighted by molar-refractivity contribution is 8.01. The minimum absolute atomic E-state index is 0.0431. The molecule has 0 bridgehead atoms. The number of hydrogen-bond acceptors (Lipinski definition) is 2. The Morgan fingerprint density at radius 3 is 2.67 bits per heavy atom. The molecule has 0 atom stereocenters. The van der Waals surface area contributed by atoms with Gasteiger partial charge in [-0.15, -0.1) is 0 Å². The molecule has 1 radical (unpaired) electrons. The molecule has 3 nitrogen and oxygen atoms in total. The number of benzene rings is 1. The Kier molecular flexibility index (Phi) is 3.47. The van der Waals surface area contributed by atoms with Gasteiger partial charge in [0.2, 0.25) is 0 Å². The molecule has 0 unspecified atom stereocenters. The van der Waals surface area contributed by atoms with Gasteiger partial charge in [0.05, 0.1) is 0 Å². The molecule has 0 saturated carbocycles. The summed E-state index contributed by atoms with van der Waals surface area (Å²) in [5.41, 5.74) is 5.08. The van der Waals surface area contributed by atoms with Crippen molar-refractivity contribution in [3.8, 4) is 0 Å². The Hall–Kier alpha value is -1.16. The van der Waals surface area contributed by atoms with E-state index >= 15 is 0 Å². The van der Waals surface area contributed by atoms with Crippen molar-refractivity contribution >= 4 is 17.7 Å². The van der Waals surface area contributed by atoms with E-state index in [4.69, 9.17) is 11.1 Å². The first-order chi connectivity index (χ1) is 5.79. The number of hydrogen-bond donors (Lipinski definition) is 3. The summed E-state index contributed by atoms with van der Waals surface area (Å²) >= 11 is 1.49. The molecule has 0 aromatic heterocycles. The number of guanidine groups is 1. The second-order valence-electron chi connectivity index (χ2n) is 2.11. The molecule has 1 aromatic rings. The lowest BCUT2D eigenvalue weighted by Gasteiger charge is -2.01. The van der Waals surface area contributed by atoms with Gasteiger partial charge in [-0.05, 0) is 12.1 Å². The van der Waals surface area contributed by atoms with E-state index in [0.717, 1.165) is 4.90 Å². The molecule has 12 heavy (non-hydrogen) atoms. The van der Waals surface area contributed by atoms with Crippen molar-refractivity contribution in [2.75, 3.05) is 0 Å². The van der Waals surface area contributed by atoms with Crippen LogP contribution < -0.4 is 11.1 Å². The highest BCUT2D eigenvalue weighted by Gasteiger charge is 1.91. The summed E-state index contributed by atoms with van der Waals surface area (Å²) in [6.45, 7) is 0. The van der Waals surface area contributed by atoms with E-state index in [1.54, 1.807) is 5.88 Å². The van der Waals surface area contributed by atoms with Crippen LogP contribution in [0.4, 0.5) is 0 Å². The van der Waals surface area contributed by atoms with Gasteiger partial charge < -0.3 is 11.1 Å². The number of nitrogens with two attached hydrogens (primary N) is 1. The second kappa shape index (κ2) is 4.66. The zero-order valence-corrected chi connectivity index (χ0v) is 7.27. The fraction of sp³-hybridized carbons (Fsp3) is 0. The Balaban J connectivity index is 2.29. The number of thioether (sulfide) groups is 1. The standard InChI is InChI=1S/C8H10N3S/c9-8(10)11-6-12-7-4-2-1-3-5-7/h1-6H,(H4,9,10,11). The normalized spacial score (nSPS) is 9.33. The lowest BCUT2D eigenvalue weighted by Crippen LogP contribution is -2.26. The molecular weight excluding hydrogens is 170 g/mol. The van der Waals surface area contributed by atoms with Gasteiger partial charge in [0.15, 0.2) is 5.96 Å². The van der Waals surface area contributed by atoms with Crippen molar-refractivity contribution in [2.45, 2.75) is 4.90 Å². The van der Waals surface area contributed by atoms with Gasteiger partial charge >= 0.3 is 0 Å². The fourth-order valence-electron chi connectivity index (χ4n) is 0.660. The predicted octanol–water partition coefficient (Wildman–Crippen LogP) is 1.38. The molecule has 63 valence electrons. The Morgan fingerprint density at radius 2 is 2.08 bits per heavy atom. The Morgan fingerprint density at radius 1 is 1.42 bits per heavy atom. The van der Waals surface area contributed by atoms with E-state index in [2.05, 4.69) is 5.32 Å². The van der Waals surface area contributed by atoms with Crippen LogP contribution in [0.3, 0.4) is 0 Å². The third kappa shape index (κ3) is 3.30. The van der Waals surface area contributed by atoms with E-state index in [-0.39, 0.29) is 5.96 Å². The average Bonchev–Trinajstić information content (AvgIpc) is 2.05. The van der Waals surface area contributed by atoms with Gasteiger partial charge in [-0.25, -0.2) is 0 Å². The molecule has 4 heteroatoms. The van der Waals surface area contributed by atoms with Crippen molar-refractivity contribution < 1.29 is 0 Å². The summed E-state index contributed by atoms with van der Waals surface area (Å²) in [6.07, 6.45) is 0. The van der Waals surface area contributed by atoms with Crippen LogP contribution in [0.15, 0.2) is 35.2 Å². The Bertz CT molecular complexity index is 248. The van der Waals surface area contributed by atoms with Gasteiger partial charge in [-0.3, -0.25) is 5.41 Å². The maximum Gasteiger partial charge on any atom is 0.186 e. The molecule has 0 saturated heterocycles. The van der Waals surface area contributed by atoms with Crippen LogP contribution in [-0.2, 0) is 0 Å². The molecule has 4 N–H and O–H groups in total. The smallest absolute Gasteiger partial charge is 0.186 e. The topological polar surface area (TPSA) is 61.9 Å². The second-order valence-corrected chi connectivity index (χ2v) is 3.05. The predicted molar refractivity (Wildman–Crippen MR) is 51.6 cm³/mol. The third-order valence-electron chi connectivity index (χ3n) is 1.15. The van der Waals surface area contributed by atoms with E-state index < -0.39 is 0 Å². The summed E-state index contributed by atoms with van der Waals surface area (Å²) < 4.78 is 0. The minimum atomic E-state index is -0.0431. The Labute approximate surface area is 75.9 Å². The van der Waals surface area contributed by atoms with Crippen LogP contribution in [0.2, 0.25) is 0 Å². The average molecular weight is 180 g/mol. The van der Waals surface area contributed by atoms with Gasteiger partial charge in [0, 0.05) is 4.90 Å². The first-order valence-electron chi connectivity index (χ1n) is 3.43. The van der Waals surface area contributed by atoms with E-state index in [1.807, 2.05) is 30.3 Å². The molecule has 0 heterocycles. The van der Waals surface area contributed by atoms with E-state index in [1.165, 1.54) is 11.8 Å². The van der Waals surface area contributed by atoms with Crippen LogP contribution in [0.1, 0.15) is 0 Å². The van der Waals surface area contributed by atoms with Crippen molar-refractivity contribution in [1.29, 1.82) is 5.41 Å². The molecule has 0 aliphatic heterocycles. The maximum absolute atomic E-state index is 6.88. The van der Waals surface area contributed by atoms with Crippen LogP contribution in [0.5, 0.6) is 0 Å². The fourth-order valence-corrected chi connectivity index (χ4v) is 1.30. The summed E-state index contributed by atoms with van der Waals surface area (Å²) in [4.78, 5) is 1.12. The van der Waals surface area contributed by atoms with Crippen molar-refractivity contribution in [3.05, 3.63) is 36.2 Å². The maximum atomic E-state index is 6.88. The molecule has 1 rings (SSSR count). The van der Waals surface area contributed by atoms with Crippen LogP contribution in [0, 0.1) is 11.3 Å². The summed E-state index contributed by atoms with van der Waals surface area (Å²) in [5, 5.41) is 9.48. The molecule has 1 aromatic carbocycles. The molecule has 0 fully saturated rings. The van der Waals surface area contributed by atoms with E-state index in [9.17, 15) is 0 Å². The molecule has 0 amide bonds.